The van der Waals surface area contributed by atoms with Crippen molar-refractivity contribution >= 4 is 50.7 Å². The quantitative estimate of drug-likeness (QED) is 0.878. The summed E-state index contributed by atoms with van der Waals surface area (Å²) in [4.78, 5) is 12.0. The second-order valence-electron chi connectivity index (χ2n) is 3.42. The van der Waals surface area contributed by atoms with Gasteiger partial charge in [0, 0.05) is 4.47 Å². The van der Waals surface area contributed by atoms with Crippen LogP contribution in [-0.4, -0.2) is 16.1 Å². The Bertz CT molecular complexity index is 634. The molecule has 0 aliphatic rings. The maximum atomic E-state index is 13.6. The van der Waals surface area contributed by atoms with Crippen molar-refractivity contribution in [3.8, 4) is 0 Å². The van der Waals surface area contributed by atoms with Crippen LogP contribution in [0.1, 0.15) is 10.4 Å². The van der Waals surface area contributed by atoms with Crippen molar-refractivity contribution < 1.29 is 9.18 Å². The summed E-state index contributed by atoms with van der Waals surface area (Å²) in [5.74, 6) is -1.21. The summed E-state index contributed by atoms with van der Waals surface area (Å²) in [6.45, 7) is 0. The van der Waals surface area contributed by atoms with Crippen LogP contribution in [0.2, 0.25) is 10.3 Å². The first-order valence-electron chi connectivity index (χ1n) is 4.93. The molecule has 0 radical (unpaired) electrons. The summed E-state index contributed by atoms with van der Waals surface area (Å²) in [7, 11) is 0. The monoisotopic (exact) mass is 363 g/mol. The number of hydrogen-bond donors (Lipinski definition) is 1. The molecule has 19 heavy (non-hydrogen) atoms. The smallest absolute Gasteiger partial charge is 0.259 e. The summed E-state index contributed by atoms with van der Waals surface area (Å²) in [5, 5.41) is 9.28. The van der Waals surface area contributed by atoms with Gasteiger partial charge in [0.1, 0.15) is 5.82 Å². The summed E-state index contributed by atoms with van der Waals surface area (Å²) >= 11 is 14.5. The van der Waals surface area contributed by atoms with Crippen molar-refractivity contribution in [1.29, 1.82) is 0 Å². The first-order chi connectivity index (χ1) is 8.99. The highest BCUT2D eigenvalue weighted by molar-refractivity contribution is 9.10. The Morgan fingerprint density at radius 2 is 2.05 bits per heavy atom. The molecular weight excluding hydrogens is 360 g/mol. The van der Waals surface area contributed by atoms with Gasteiger partial charge in [-0.2, -0.15) is 0 Å². The SMILES string of the molecule is O=C(Nc1c(F)cccc1Br)c1cc(Cl)nnc1Cl. The zero-order valence-corrected chi connectivity index (χ0v) is 12.2. The second kappa shape index (κ2) is 5.81. The zero-order chi connectivity index (χ0) is 14.0. The molecule has 0 aliphatic carbocycles. The minimum Gasteiger partial charge on any atom is -0.318 e. The Kier molecular flexibility index (Phi) is 4.34. The summed E-state index contributed by atoms with van der Waals surface area (Å²) in [6, 6.07) is 5.58. The molecule has 1 amide bonds. The highest BCUT2D eigenvalue weighted by Gasteiger charge is 2.16. The number of carbonyl (C=O) groups excluding carboxylic acids is 1. The lowest BCUT2D eigenvalue weighted by atomic mass is 10.2. The Hall–Kier alpha value is -1.24. The number of para-hydroxylation sites is 1. The van der Waals surface area contributed by atoms with E-state index in [2.05, 4.69) is 31.4 Å². The minimum atomic E-state index is -0.632. The van der Waals surface area contributed by atoms with E-state index in [1.807, 2.05) is 0 Å². The molecule has 0 unspecified atom stereocenters. The number of benzene rings is 1. The normalized spacial score (nSPS) is 10.3. The van der Waals surface area contributed by atoms with E-state index in [0.29, 0.717) is 4.47 Å². The molecule has 8 heteroatoms. The third-order valence-electron chi connectivity index (χ3n) is 2.16. The standard InChI is InChI=1S/C11H5BrCl2FN3O/c12-6-2-1-3-7(15)9(6)16-11(19)5-4-8(13)17-18-10(5)14/h1-4H,(H,16,19). The van der Waals surface area contributed by atoms with Crippen LogP contribution in [0.3, 0.4) is 0 Å². The number of carbonyl (C=O) groups is 1. The molecule has 0 spiro atoms. The third-order valence-corrected chi connectivity index (χ3v) is 3.29. The molecule has 1 N–H and O–H groups in total. The molecule has 4 nitrogen and oxygen atoms in total. The summed E-state index contributed by atoms with van der Waals surface area (Å²) in [5.41, 5.74) is 0.0216. The molecule has 2 aromatic rings. The predicted octanol–water partition coefficient (Wildman–Crippen LogP) is 3.94. The van der Waals surface area contributed by atoms with E-state index in [-0.39, 0.29) is 21.6 Å². The van der Waals surface area contributed by atoms with Crippen molar-refractivity contribution in [3.05, 3.63) is 50.4 Å². The number of nitrogens with zero attached hydrogens (tertiary/aromatic N) is 2. The molecule has 2 rings (SSSR count). The van der Waals surface area contributed by atoms with Crippen LogP contribution in [0.4, 0.5) is 10.1 Å². The van der Waals surface area contributed by atoms with Crippen LogP contribution < -0.4 is 5.32 Å². The van der Waals surface area contributed by atoms with Crippen LogP contribution in [0, 0.1) is 5.82 Å². The number of halogens is 4. The van der Waals surface area contributed by atoms with Crippen LogP contribution in [0.25, 0.3) is 0 Å². The molecule has 98 valence electrons. The number of hydrogen-bond acceptors (Lipinski definition) is 3. The van der Waals surface area contributed by atoms with Gasteiger partial charge in [-0.25, -0.2) is 4.39 Å². The molecular formula is C11H5BrCl2FN3O. The maximum Gasteiger partial charge on any atom is 0.259 e. The third kappa shape index (κ3) is 3.20. The predicted molar refractivity (Wildman–Crippen MR) is 74.1 cm³/mol. The van der Waals surface area contributed by atoms with Gasteiger partial charge >= 0.3 is 0 Å². The van der Waals surface area contributed by atoms with Gasteiger partial charge < -0.3 is 5.32 Å². The van der Waals surface area contributed by atoms with Crippen LogP contribution in [0.5, 0.6) is 0 Å². The fourth-order valence-electron chi connectivity index (χ4n) is 1.31. The fraction of sp³-hybridized carbons (Fsp3) is 0. The largest absolute Gasteiger partial charge is 0.318 e. The van der Waals surface area contributed by atoms with Crippen LogP contribution in [0.15, 0.2) is 28.7 Å². The van der Waals surface area contributed by atoms with Crippen molar-refractivity contribution in [2.45, 2.75) is 0 Å². The van der Waals surface area contributed by atoms with E-state index in [9.17, 15) is 9.18 Å². The molecule has 0 saturated carbocycles. The van der Waals surface area contributed by atoms with Gasteiger partial charge in [0.05, 0.1) is 11.3 Å². The average molecular weight is 365 g/mol. The van der Waals surface area contributed by atoms with Gasteiger partial charge in [-0.1, -0.05) is 29.3 Å². The van der Waals surface area contributed by atoms with Crippen LogP contribution >= 0.6 is 39.1 Å². The van der Waals surface area contributed by atoms with Crippen LogP contribution in [-0.2, 0) is 0 Å². The van der Waals surface area contributed by atoms with Crippen molar-refractivity contribution in [2.24, 2.45) is 0 Å². The van der Waals surface area contributed by atoms with Crippen molar-refractivity contribution in [3.63, 3.8) is 0 Å². The van der Waals surface area contributed by atoms with E-state index in [0.717, 1.165) is 0 Å². The molecule has 0 fully saturated rings. The Balaban J connectivity index is 2.34. The highest BCUT2D eigenvalue weighted by atomic mass is 79.9. The van der Waals surface area contributed by atoms with E-state index >= 15 is 0 Å². The first-order valence-corrected chi connectivity index (χ1v) is 6.48. The minimum absolute atomic E-state index is 0.0106. The average Bonchev–Trinajstić information content (AvgIpc) is 2.37. The Morgan fingerprint density at radius 3 is 2.74 bits per heavy atom. The Morgan fingerprint density at radius 1 is 1.32 bits per heavy atom. The first kappa shape index (κ1) is 14.2. The molecule has 0 saturated heterocycles. The molecule has 0 atom stereocenters. The lowest BCUT2D eigenvalue weighted by Gasteiger charge is -2.09. The lowest BCUT2D eigenvalue weighted by Crippen LogP contribution is -2.15. The molecule has 1 aromatic carbocycles. The van der Waals surface area contributed by atoms with Gasteiger partial charge in [0.2, 0.25) is 0 Å². The van der Waals surface area contributed by atoms with Gasteiger partial charge in [-0.05, 0) is 34.1 Å². The number of rotatable bonds is 2. The van der Waals surface area contributed by atoms with E-state index < -0.39 is 11.7 Å². The van der Waals surface area contributed by atoms with E-state index in [1.165, 1.54) is 18.2 Å². The van der Waals surface area contributed by atoms with Gasteiger partial charge in [-0.15, -0.1) is 10.2 Å². The topological polar surface area (TPSA) is 54.9 Å². The molecule has 0 aliphatic heterocycles. The molecule has 1 aromatic heterocycles. The second-order valence-corrected chi connectivity index (χ2v) is 5.02. The number of amides is 1. The maximum absolute atomic E-state index is 13.6. The van der Waals surface area contributed by atoms with Crippen molar-refractivity contribution in [2.75, 3.05) is 5.32 Å². The van der Waals surface area contributed by atoms with Gasteiger partial charge in [0.15, 0.2) is 10.3 Å². The summed E-state index contributed by atoms with van der Waals surface area (Å²) in [6.07, 6.45) is 0. The van der Waals surface area contributed by atoms with Gasteiger partial charge in [0.25, 0.3) is 5.91 Å². The highest BCUT2D eigenvalue weighted by Crippen LogP contribution is 2.26. The number of anilines is 1. The van der Waals surface area contributed by atoms with Crippen molar-refractivity contribution in [1.82, 2.24) is 10.2 Å². The molecule has 1 heterocycles. The number of nitrogens with one attached hydrogen (secondary N) is 1. The molecule has 0 bridgehead atoms. The zero-order valence-electron chi connectivity index (χ0n) is 9.12. The van der Waals surface area contributed by atoms with E-state index in [1.54, 1.807) is 6.07 Å². The Labute approximate surface area is 126 Å². The summed E-state index contributed by atoms with van der Waals surface area (Å²) < 4.78 is 14.0. The number of aromatic nitrogens is 2. The van der Waals surface area contributed by atoms with E-state index in [4.69, 9.17) is 23.2 Å². The lowest BCUT2D eigenvalue weighted by molar-refractivity contribution is 0.102. The fourth-order valence-corrected chi connectivity index (χ4v) is 2.08. The van der Waals surface area contributed by atoms with Gasteiger partial charge in [-0.3, -0.25) is 4.79 Å².